The molecule has 5 aromatic carbocycles. The van der Waals surface area contributed by atoms with Crippen molar-refractivity contribution >= 4 is 22.7 Å². The maximum atomic E-state index is 2.50. The van der Waals surface area contributed by atoms with Gasteiger partial charge in [-0.3, -0.25) is 0 Å². The second-order valence-electron chi connectivity index (χ2n) is 12.9. The van der Waals surface area contributed by atoms with E-state index in [9.17, 15) is 0 Å². The van der Waals surface area contributed by atoms with Crippen molar-refractivity contribution in [2.45, 2.75) is 45.6 Å². The predicted molar refractivity (Wildman–Crippen MR) is 202 cm³/mol. The summed E-state index contributed by atoms with van der Waals surface area (Å²) < 4.78 is 0. The summed E-state index contributed by atoms with van der Waals surface area (Å²) in [6.45, 7) is 8.86. The van der Waals surface area contributed by atoms with Gasteiger partial charge in [-0.25, -0.2) is 0 Å². The molecule has 1 atom stereocenters. The van der Waals surface area contributed by atoms with E-state index in [1.165, 1.54) is 44.8 Å². The molecule has 0 saturated heterocycles. The summed E-state index contributed by atoms with van der Waals surface area (Å²) in [5.41, 5.74) is 13.7. The molecule has 0 radical (unpaired) electrons. The summed E-state index contributed by atoms with van der Waals surface area (Å²) in [7, 11) is 0. The van der Waals surface area contributed by atoms with Gasteiger partial charge >= 0.3 is 0 Å². The lowest BCUT2D eigenvalue weighted by atomic mass is 9.82. The van der Waals surface area contributed by atoms with Crippen molar-refractivity contribution < 1.29 is 0 Å². The zero-order valence-electron chi connectivity index (χ0n) is 27.8. The zero-order chi connectivity index (χ0) is 32.4. The monoisotopic (exact) mass is 610 g/mol. The van der Waals surface area contributed by atoms with E-state index < -0.39 is 0 Å². The third-order valence-corrected chi connectivity index (χ3v) is 9.65. The van der Waals surface area contributed by atoms with Gasteiger partial charge in [-0.05, 0) is 108 Å². The van der Waals surface area contributed by atoms with E-state index in [-0.39, 0.29) is 11.5 Å². The van der Waals surface area contributed by atoms with Crippen molar-refractivity contribution in [2.24, 2.45) is 0 Å². The average molecular weight is 611 g/mol. The lowest BCUT2D eigenvalue weighted by Gasteiger charge is -2.34. The molecule has 2 aliphatic carbocycles. The van der Waals surface area contributed by atoms with Crippen LogP contribution in [0.25, 0.3) is 22.3 Å². The van der Waals surface area contributed by atoms with E-state index in [1.807, 2.05) is 0 Å². The molecule has 0 spiro atoms. The van der Waals surface area contributed by atoms with Crippen LogP contribution in [0, 0.1) is 0 Å². The van der Waals surface area contributed by atoms with Crippen LogP contribution >= 0.6 is 0 Å². The van der Waals surface area contributed by atoms with Crippen LogP contribution in [0.5, 0.6) is 0 Å². The maximum Gasteiger partial charge on any atom is 0.0559 e. The molecular weight excluding hydrogens is 569 g/mol. The Morgan fingerprint density at radius 3 is 1.91 bits per heavy atom. The molecule has 0 fully saturated rings. The van der Waals surface area contributed by atoms with Crippen molar-refractivity contribution in [1.82, 2.24) is 0 Å². The largest absolute Gasteiger partial charge is 0.334 e. The summed E-state index contributed by atoms with van der Waals surface area (Å²) in [6.07, 6.45) is 16.3. The highest BCUT2D eigenvalue weighted by molar-refractivity contribution is 5.84. The highest BCUT2D eigenvalue weighted by Crippen LogP contribution is 2.50. The van der Waals surface area contributed by atoms with E-state index in [0.29, 0.717) is 0 Å². The van der Waals surface area contributed by atoms with Gasteiger partial charge in [-0.15, -0.1) is 0 Å². The number of benzene rings is 5. The molecule has 2 heteroatoms. The van der Waals surface area contributed by atoms with E-state index >= 15 is 0 Å². The topological polar surface area (TPSA) is 6.48 Å². The second-order valence-corrected chi connectivity index (χ2v) is 12.9. The van der Waals surface area contributed by atoms with Gasteiger partial charge < -0.3 is 9.80 Å². The summed E-state index contributed by atoms with van der Waals surface area (Å²) in [6, 6.07) is 44.7. The van der Waals surface area contributed by atoms with Gasteiger partial charge in [0.2, 0.25) is 0 Å². The molecule has 0 saturated carbocycles. The third kappa shape index (κ3) is 5.66. The van der Waals surface area contributed by atoms with Crippen molar-refractivity contribution in [3.63, 3.8) is 0 Å². The van der Waals surface area contributed by atoms with Crippen molar-refractivity contribution in [2.75, 3.05) is 9.80 Å². The molecule has 0 aliphatic heterocycles. The molecule has 0 aromatic heterocycles. The second kappa shape index (κ2) is 12.8. The lowest BCUT2D eigenvalue weighted by Crippen LogP contribution is -2.30. The van der Waals surface area contributed by atoms with Crippen LogP contribution in [0.1, 0.15) is 45.2 Å². The number of para-hydroxylation sites is 1. The molecule has 232 valence electrons. The van der Waals surface area contributed by atoms with Gasteiger partial charge in [0.1, 0.15) is 0 Å². The van der Waals surface area contributed by atoms with Gasteiger partial charge in [0.15, 0.2) is 0 Å². The molecule has 0 amide bonds. The highest BCUT2D eigenvalue weighted by Gasteiger charge is 2.36. The van der Waals surface area contributed by atoms with Gasteiger partial charge in [0.25, 0.3) is 0 Å². The number of nitrogens with zero attached hydrogens (tertiary/aromatic N) is 2. The first-order chi connectivity index (χ1) is 23.0. The van der Waals surface area contributed by atoms with Gasteiger partial charge in [0.05, 0.1) is 6.04 Å². The molecule has 2 aliphatic rings. The Balaban J connectivity index is 1.21. The van der Waals surface area contributed by atoms with E-state index in [2.05, 4.69) is 201 Å². The highest BCUT2D eigenvalue weighted by atomic mass is 15.2. The van der Waals surface area contributed by atoms with Crippen molar-refractivity contribution in [3.05, 3.63) is 181 Å². The summed E-state index contributed by atoms with van der Waals surface area (Å²) in [5, 5.41) is 0. The molecule has 2 nitrogen and oxygen atoms in total. The van der Waals surface area contributed by atoms with Crippen LogP contribution < -0.4 is 9.80 Å². The summed E-state index contributed by atoms with van der Waals surface area (Å²) >= 11 is 0. The number of fused-ring (bicyclic) bond motifs is 3. The first kappa shape index (κ1) is 30.3. The fourth-order valence-corrected chi connectivity index (χ4v) is 7.25. The molecule has 5 aromatic rings. The fraction of sp³-hybridized carbons (Fsp3) is 0.156. The Labute approximate surface area is 280 Å². The number of hydrogen-bond donors (Lipinski definition) is 0. The molecule has 0 bridgehead atoms. The molecule has 7 rings (SSSR count). The first-order valence-electron chi connectivity index (χ1n) is 16.7. The molecule has 0 N–H and O–H groups in total. The number of anilines is 4. The van der Waals surface area contributed by atoms with Crippen LogP contribution in [0.4, 0.5) is 22.7 Å². The minimum Gasteiger partial charge on any atom is -0.334 e. The molecular formula is C45H42N2. The van der Waals surface area contributed by atoms with Gasteiger partial charge in [-0.2, -0.15) is 0 Å². The molecule has 47 heavy (non-hydrogen) atoms. The standard InChI is InChI=1S/C45H42N2/c1-5-15-35(6-2)46(36-16-9-7-10-17-36)38-26-22-33(23-27-38)34-24-28-39(29-25-34)47(37-18-11-8-12-19-37)40-30-31-42-41-20-13-14-21-43(41)45(3,4)44(42)32-40/h5-18,20-32,37H,19H2,1-4H3. The van der Waals surface area contributed by atoms with Crippen molar-refractivity contribution in [3.8, 4) is 22.3 Å². The van der Waals surface area contributed by atoms with E-state index in [0.717, 1.165) is 23.5 Å². The van der Waals surface area contributed by atoms with E-state index in [1.54, 1.807) is 0 Å². The maximum absolute atomic E-state index is 2.50. The van der Waals surface area contributed by atoms with Crippen LogP contribution in [-0.4, -0.2) is 6.04 Å². The normalized spacial score (nSPS) is 16.3. The Morgan fingerprint density at radius 1 is 0.638 bits per heavy atom. The smallest absolute Gasteiger partial charge is 0.0559 e. The van der Waals surface area contributed by atoms with Crippen LogP contribution in [0.3, 0.4) is 0 Å². The number of hydrogen-bond acceptors (Lipinski definition) is 2. The van der Waals surface area contributed by atoms with Crippen molar-refractivity contribution in [1.29, 1.82) is 0 Å². The van der Waals surface area contributed by atoms with Crippen LogP contribution in [0.15, 0.2) is 170 Å². The Bertz CT molecular complexity index is 1990. The summed E-state index contributed by atoms with van der Waals surface area (Å²) in [5.74, 6) is 0. The Kier molecular flexibility index (Phi) is 8.26. The van der Waals surface area contributed by atoms with Gasteiger partial charge in [0, 0.05) is 33.9 Å². The Morgan fingerprint density at radius 2 is 1.26 bits per heavy atom. The quantitative estimate of drug-likeness (QED) is 0.161. The van der Waals surface area contributed by atoms with Crippen LogP contribution in [0.2, 0.25) is 0 Å². The Hall–Kier alpha value is -5.34. The van der Waals surface area contributed by atoms with Crippen LogP contribution in [-0.2, 0) is 5.41 Å². The first-order valence-corrected chi connectivity index (χ1v) is 16.7. The fourth-order valence-electron chi connectivity index (χ4n) is 7.25. The number of rotatable bonds is 8. The average Bonchev–Trinajstić information content (AvgIpc) is 3.35. The molecule has 1 unspecified atom stereocenters. The third-order valence-electron chi connectivity index (χ3n) is 9.65. The predicted octanol–water partition coefficient (Wildman–Crippen LogP) is 12.3. The number of allylic oxidation sites excluding steroid dienone is 5. The minimum atomic E-state index is -0.0392. The minimum absolute atomic E-state index is 0.0392. The zero-order valence-corrected chi connectivity index (χ0v) is 27.8. The summed E-state index contributed by atoms with van der Waals surface area (Å²) in [4.78, 5) is 4.80. The SMILES string of the molecule is CC=CC(=CC)N(c1ccccc1)c1ccc(-c2ccc(N(c3ccc4c(c3)C(C)(C)c3ccccc3-4)C3C=CC=CC3)cc2)cc1. The lowest BCUT2D eigenvalue weighted by molar-refractivity contribution is 0.659. The van der Waals surface area contributed by atoms with E-state index in [4.69, 9.17) is 0 Å². The van der Waals surface area contributed by atoms with Gasteiger partial charge in [-0.1, -0.05) is 123 Å². The molecule has 0 heterocycles.